The zero-order chi connectivity index (χ0) is 14.0. The van der Waals surface area contributed by atoms with Gasteiger partial charge < -0.3 is 10.5 Å². The number of hydrogen-bond acceptors (Lipinski definition) is 3. The van der Waals surface area contributed by atoms with Gasteiger partial charge in [-0.05, 0) is 19.1 Å². The predicted molar refractivity (Wildman–Crippen MR) is 71.9 cm³/mol. The van der Waals surface area contributed by atoms with Crippen LogP contribution in [0.2, 0.25) is 5.02 Å². The molecule has 6 heteroatoms. The second-order valence-electron chi connectivity index (χ2n) is 4.03. The maximum atomic E-state index is 14.0. The summed E-state index contributed by atoms with van der Waals surface area (Å²) in [6, 6.07) is 3.85. The molecule has 19 heavy (non-hydrogen) atoms. The summed E-state index contributed by atoms with van der Waals surface area (Å²) in [5.41, 5.74) is 7.01. The summed E-state index contributed by atoms with van der Waals surface area (Å²) in [6.07, 6.45) is 1.51. The van der Waals surface area contributed by atoms with Crippen molar-refractivity contribution in [2.75, 3.05) is 7.11 Å². The van der Waals surface area contributed by atoms with Gasteiger partial charge in [-0.2, -0.15) is 5.10 Å². The number of rotatable bonds is 4. The van der Waals surface area contributed by atoms with Crippen LogP contribution in [0.5, 0.6) is 5.75 Å². The van der Waals surface area contributed by atoms with E-state index in [0.717, 1.165) is 0 Å². The molecule has 1 heterocycles. The molecule has 0 fully saturated rings. The molecule has 1 aromatic heterocycles. The Hall–Kier alpha value is -1.59. The van der Waals surface area contributed by atoms with Crippen LogP contribution in [0.3, 0.4) is 0 Å². The highest BCUT2D eigenvalue weighted by molar-refractivity contribution is 6.31. The highest BCUT2D eigenvalue weighted by Crippen LogP contribution is 2.33. The summed E-state index contributed by atoms with van der Waals surface area (Å²) in [4.78, 5) is 0. The topological polar surface area (TPSA) is 53.1 Å². The van der Waals surface area contributed by atoms with Crippen LogP contribution >= 0.6 is 11.6 Å². The first-order valence-electron chi connectivity index (χ1n) is 5.89. The van der Waals surface area contributed by atoms with Crippen molar-refractivity contribution >= 4 is 11.6 Å². The van der Waals surface area contributed by atoms with Crippen LogP contribution in [-0.4, -0.2) is 16.9 Å². The molecule has 1 atom stereocenters. The lowest BCUT2D eigenvalue weighted by atomic mass is 10.0. The SMILES string of the molecule is CCn1ncc(Cl)c1C(N)c1c(F)cccc1OC. The average Bonchev–Trinajstić information content (AvgIpc) is 2.78. The molecule has 2 rings (SSSR count). The molecule has 0 aliphatic carbocycles. The third kappa shape index (κ3) is 2.43. The van der Waals surface area contributed by atoms with Crippen molar-refractivity contribution in [2.24, 2.45) is 5.73 Å². The van der Waals surface area contributed by atoms with E-state index in [9.17, 15) is 4.39 Å². The van der Waals surface area contributed by atoms with Gasteiger partial charge in [-0.25, -0.2) is 4.39 Å². The highest BCUT2D eigenvalue weighted by atomic mass is 35.5. The standard InChI is InChI=1S/C13H15ClFN3O/c1-3-18-13(8(14)7-17-18)12(16)11-9(15)5-4-6-10(11)19-2/h4-7,12H,3,16H2,1-2H3. The molecule has 2 aromatic rings. The van der Waals surface area contributed by atoms with Crippen molar-refractivity contribution in [1.82, 2.24) is 9.78 Å². The number of hydrogen-bond donors (Lipinski definition) is 1. The van der Waals surface area contributed by atoms with Crippen molar-refractivity contribution in [3.8, 4) is 5.75 Å². The number of benzene rings is 1. The first kappa shape index (κ1) is 13.8. The van der Waals surface area contributed by atoms with E-state index in [1.165, 1.54) is 19.4 Å². The fraction of sp³-hybridized carbons (Fsp3) is 0.308. The number of aromatic nitrogens is 2. The van der Waals surface area contributed by atoms with Gasteiger partial charge in [0.15, 0.2) is 0 Å². The fourth-order valence-corrected chi connectivity index (χ4v) is 2.33. The molecule has 0 saturated carbocycles. The summed E-state index contributed by atoms with van der Waals surface area (Å²) in [7, 11) is 1.48. The minimum atomic E-state index is -0.730. The normalized spacial score (nSPS) is 12.5. The molecule has 1 aromatic carbocycles. The maximum Gasteiger partial charge on any atom is 0.132 e. The van der Waals surface area contributed by atoms with E-state index in [-0.39, 0.29) is 5.56 Å². The average molecular weight is 284 g/mol. The number of nitrogens with two attached hydrogens (primary N) is 1. The van der Waals surface area contributed by atoms with Gasteiger partial charge in [-0.1, -0.05) is 17.7 Å². The van der Waals surface area contributed by atoms with Gasteiger partial charge in [0.1, 0.15) is 11.6 Å². The lowest BCUT2D eigenvalue weighted by Crippen LogP contribution is -2.19. The van der Waals surface area contributed by atoms with Crippen molar-refractivity contribution in [3.63, 3.8) is 0 Å². The Kier molecular flexibility index (Phi) is 4.07. The minimum Gasteiger partial charge on any atom is -0.496 e. The second-order valence-corrected chi connectivity index (χ2v) is 4.43. The smallest absolute Gasteiger partial charge is 0.132 e. The van der Waals surface area contributed by atoms with E-state index < -0.39 is 11.9 Å². The van der Waals surface area contributed by atoms with Crippen LogP contribution in [0.4, 0.5) is 4.39 Å². The van der Waals surface area contributed by atoms with E-state index in [4.69, 9.17) is 22.1 Å². The van der Waals surface area contributed by atoms with Crippen LogP contribution in [-0.2, 0) is 6.54 Å². The monoisotopic (exact) mass is 283 g/mol. The Balaban J connectivity index is 2.55. The third-order valence-electron chi connectivity index (χ3n) is 2.97. The van der Waals surface area contributed by atoms with Crippen LogP contribution in [0.25, 0.3) is 0 Å². The number of aryl methyl sites for hydroxylation is 1. The van der Waals surface area contributed by atoms with Crippen molar-refractivity contribution in [1.29, 1.82) is 0 Å². The molecule has 0 aliphatic rings. The molecular formula is C13H15ClFN3O. The number of methoxy groups -OCH3 is 1. The number of halogens is 2. The molecule has 0 bridgehead atoms. The Morgan fingerprint density at radius 2 is 2.26 bits per heavy atom. The molecule has 0 aliphatic heterocycles. The van der Waals surface area contributed by atoms with Gasteiger partial charge >= 0.3 is 0 Å². The Bertz CT molecular complexity index is 585. The lowest BCUT2D eigenvalue weighted by Gasteiger charge is -2.18. The van der Waals surface area contributed by atoms with Crippen LogP contribution in [0.1, 0.15) is 24.2 Å². The lowest BCUT2D eigenvalue weighted by molar-refractivity contribution is 0.400. The van der Waals surface area contributed by atoms with Crippen LogP contribution < -0.4 is 10.5 Å². The highest BCUT2D eigenvalue weighted by Gasteiger charge is 2.24. The van der Waals surface area contributed by atoms with Crippen LogP contribution in [0, 0.1) is 5.82 Å². The summed E-state index contributed by atoms with van der Waals surface area (Å²) in [6.45, 7) is 2.52. The Morgan fingerprint density at radius 1 is 1.53 bits per heavy atom. The summed E-state index contributed by atoms with van der Waals surface area (Å²) in [5.74, 6) is -0.0285. The van der Waals surface area contributed by atoms with E-state index in [0.29, 0.717) is 23.0 Å². The molecule has 0 spiro atoms. The molecule has 1 unspecified atom stereocenters. The first-order chi connectivity index (χ1) is 9.10. The van der Waals surface area contributed by atoms with Crippen LogP contribution in [0.15, 0.2) is 24.4 Å². The molecular weight excluding hydrogens is 269 g/mol. The minimum absolute atomic E-state index is 0.280. The molecule has 0 saturated heterocycles. The van der Waals surface area contributed by atoms with Gasteiger partial charge in [-0.15, -0.1) is 0 Å². The third-order valence-corrected chi connectivity index (χ3v) is 3.26. The van der Waals surface area contributed by atoms with Crippen molar-refractivity contribution in [2.45, 2.75) is 19.5 Å². The van der Waals surface area contributed by atoms with Gasteiger partial charge in [-0.3, -0.25) is 4.68 Å². The van der Waals surface area contributed by atoms with Gasteiger partial charge in [0.25, 0.3) is 0 Å². The molecule has 4 nitrogen and oxygen atoms in total. The summed E-state index contributed by atoms with van der Waals surface area (Å²) < 4.78 is 20.8. The van der Waals surface area contributed by atoms with Gasteiger partial charge in [0.2, 0.25) is 0 Å². The zero-order valence-electron chi connectivity index (χ0n) is 10.7. The zero-order valence-corrected chi connectivity index (χ0v) is 11.5. The van der Waals surface area contributed by atoms with E-state index in [1.54, 1.807) is 16.8 Å². The predicted octanol–water partition coefficient (Wildman–Crippen LogP) is 2.75. The first-order valence-corrected chi connectivity index (χ1v) is 6.27. The fourth-order valence-electron chi connectivity index (χ4n) is 2.07. The molecule has 102 valence electrons. The van der Waals surface area contributed by atoms with Gasteiger partial charge in [0.05, 0.1) is 35.6 Å². The van der Waals surface area contributed by atoms with E-state index in [1.807, 2.05) is 6.92 Å². The van der Waals surface area contributed by atoms with Gasteiger partial charge in [0, 0.05) is 6.54 Å². The maximum absolute atomic E-state index is 14.0. The Labute approximate surface area is 115 Å². The second kappa shape index (κ2) is 5.59. The van der Waals surface area contributed by atoms with Crippen molar-refractivity contribution in [3.05, 3.63) is 46.5 Å². The molecule has 2 N–H and O–H groups in total. The molecule has 0 radical (unpaired) electrons. The largest absolute Gasteiger partial charge is 0.496 e. The van der Waals surface area contributed by atoms with E-state index in [2.05, 4.69) is 5.10 Å². The molecule has 0 amide bonds. The summed E-state index contributed by atoms with van der Waals surface area (Å²) >= 11 is 6.09. The number of ether oxygens (including phenoxy) is 1. The van der Waals surface area contributed by atoms with E-state index >= 15 is 0 Å². The van der Waals surface area contributed by atoms with Crippen molar-refractivity contribution < 1.29 is 9.13 Å². The summed E-state index contributed by atoms with van der Waals surface area (Å²) in [5, 5.41) is 4.52. The number of nitrogens with zero attached hydrogens (tertiary/aromatic N) is 2. The quantitative estimate of drug-likeness (QED) is 0.939. The Morgan fingerprint density at radius 3 is 2.89 bits per heavy atom.